The summed E-state index contributed by atoms with van der Waals surface area (Å²) < 4.78 is 14.2. The lowest BCUT2D eigenvalue weighted by atomic mass is 10.2. The van der Waals surface area contributed by atoms with E-state index in [-0.39, 0.29) is 5.82 Å². The molecule has 1 saturated heterocycles. The van der Waals surface area contributed by atoms with Crippen LogP contribution in [0.25, 0.3) is 10.2 Å². The lowest BCUT2D eigenvalue weighted by molar-refractivity contribution is -0.917. The molecule has 1 aromatic heterocycles. The molecule has 2 N–H and O–H groups in total. The third-order valence-electron chi connectivity index (χ3n) is 4.85. The first-order valence-electron chi connectivity index (χ1n) is 9.12. The maximum Gasteiger partial charge on any atom is 0.169 e. The molecule has 0 amide bonds. The zero-order valence-electron chi connectivity index (χ0n) is 15.0. The Kier molecular flexibility index (Phi) is 5.61. The predicted molar refractivity (Wildman–Crippen MR) is 111 cm³/mol. The molecule has 1 fully saturated rings. The minimum atomic E-state index is -0.214. The van der Waals surface area contributed by atoms with Crippen LogP contribution in [-0.4, -0.2) is 41.2 Å². The minimum absolute atomic E-state index is 0.214. The van der Waals surface area contributed by atoms with Crippen LogP contribution < -0.4 is 10.2 Å². The summed E-state index contributed by atoms with van der Waals surface area (Å²) in [5, 5.41) is 5.27. The van der Waals surface area contributed by atoms with Crippen LogP contribution in [0.15, 0.2) is 48.5 Å². The van der Waals surface area contributed by atoms with E-state index in [1.807, 2.05) is 6.07 Å². The number of thiazole rings is 1. The second kappa shape index (κ2) is 8.29. The SMILES string of the molecule is Fc1ccc(CNC(=S)N2CC[NH+](Cc3nc4ccccc4s3)CC2)cc1. The molecule has 27 heavy (non-hydrogen) atoms. The van der Waals surface area contributed by atoms with Gasteiger partial charge in [-0.3, -0.25) is 0 Å². The van der Waals surface area contributed by atoms with E-state index in [4.69, 9.17) is 17.2 Å². The van der Waals surface area contributed by atoms with Gasteiger partial charge in [-0.1, -0.05) is 24.3 Å². The Morgan fingerprint density at radius 2 is 1.89 bits per heavy atom. The van der Waals surface area contributed by atoms with Crippen molar-refractivity contribution in [3.63, 3.8) is 0 Å². The molecule has 3 aromatic rings. The maximum atomic E-state index is 13.0. The summed E-state index contributed by atoms with van der Waals surface area (Å²) >= 11 is 7.33. The van der Waals surface area contributed by atoms with Crippen LogP contribution >= 0.6 is 23.6 Å². The van der Waals surface area contributed by atoms with E-state index in [9.17, 15) is 4.39 Å². The molecular formula is C20H22FN4S2+. The van der Waals surface area contributed by atoms with E-state index >= 15 is 0 Å². The van der Waals surface area contributed by atoms with Gasteiger partial charge < -0.3 is 15.1 Å². The van der Waals surface area contributed by atoms with Crippen LogP contribution in [0.2, 0.25) is 0 Å². The number of fused-ring (bicyclic) bond motifs is 1. The van der Waals surface area contributed by atoms with Gasteiger partial charge in [0, 0.05) is 6.54 Å². The third kappa shape index (κ3) is 4.61. The maximum absolute atomic E-state index is 13.0. The summed E-state index contributed by atoms with van der Waals surface area (Å²) in [6, 6.07) is 14.8. The van der Waals surface area contributed by atoms with Gasteiger partial charge in [0.05, 0.1) is 36.4 Å². The van der Waals surface area contributed by atoms with Crippen molar-refractivity contribution in [2.24, 2.45) is 0 Å². The molecule has 0 bridgehead atoms. The van der Waals surface area contributed by atoms with Crippen LogP contribution in [0, 0.1) is 5.82 Å². The van der Waals surface area contributed by atoms with Crippen LogP contribution in [0.4, 0.5) is 4.39 Å². The van der Waals surface area contributed by atoms with Gasteiger partial charge in [0.25, 0.3) is 0 Å². The zero-order valence-corrected chi connectivity index (χ0v) is 16.6. The Hall–Kier alpha value is -2.09. The molecule has 140 valence electrons. The Balaban J connectivity index is 1.25. The largest absolute Gasteiger partial charge is 0.358 e. The van der Waals surface area contributed by atoms with Crippen molar-refractivity contribution in [1.29, 1.82) is 0 Å². The third-order valence-corrected chi connectivity index (χ3v) is 6.29. The van der Waals surface area contributed by atoms with Gasteiger partial charge in [0.15, 0.2) is 5.11 Å². The van der Waals surface area contributed by atoms with Crippen LogP contribution in [0.3, 0.4) is 0 Å². The summed E-state index contributed by atoms with van der Waals surface area (Å²) in [5.41, 5.74) is 2.13. The first-order chi connectivity index (χ1) is 13.2. The smallest absolute Gasteiger partial charge is 0.169 e. The van der Waals surface area contributed by atoms with E-state index in [1.165, 1.54) is 21.8 Å². The lowest BCUT2D eigenvalue weighted by Gasteiger charge is -2.33. The Morgan fingerprint density at radius 1 is 1.15 bits per heavy atom. The molecule has 0 aliphatic carbocycles. The van der Waals surface area contributed by atoms with Crippen molar-refractivity contribution in [3.8, 4) is 0 Å². The quantitative estimate of drug-likeness (QED) is 0.657. The van der Waals surface area contributed by atoms with Gasteiger partial charge in [0.2, 0.25) is 0 Å². The zero-order chi connectivity index (χ0) is 18.6. The van der Waals surface area contributed by atoms with Gasteiger partial charge in [-0.25, -0.2) is 9.37 Å². The van der Waals surface area contributed by atoms with Gasteiger partial charge in [-0.2, -0.15) is 0 Å². The fourth-order valence-electron chi connectivity index (χ4n) is 3.30. The summed E-state index contributed by atoms with van der Waals surface area (Å²) in [4.78, 5) is 8.52. The number of hydrogen-bond acceptors (Lipinski definition) is 3. The molecule has 2 aromatic carbocycles. The van der Waals surface area contributed by atoms with Crippen molar-refractivity contribution < 1.29 is 9.29 Å². The Labute approximate surface area is 167 Å². The van der Waals surface area contributed by atoms with Gasteiger partial charge in [-0.05, 0) is 42.0 Å². The normalized spacial score (nSPS) is 15.2. The highest BCUT2D eigenvalue weighted by atomic mass is 32.1. The van der Waals surface area contributed by atoms with E-state index in [0.717, 1.165) is 48.9 Å². The van der Waals surface area contributed by atoms with E-state index < -0.39 is 0 Å². The first-order valence-corrected chi connectivity index (χ1v) is 10.3. The molecule has 4 rings (SSSR count). The van der Waals surface area contributed by atoms with Gasteiger partial charge >= 0.3 is 0 Å². The molecule has 0 saturated carbocycles. The molecule has 0 unspecified atom stereocenters. The molecule has 0 spiro atoms. The number of para-hydroxylation sites is 1. The number of benzene rings is 2. The van der Waals surface area contributed by atoms with Gasteiger partial charge in [0.1, 0.15) is 17.4 Å². The van der Waals surface area contributed by atoms with Crippen LogP contribution in [0.5, 0.6) is 0 Å². The molecule has 1 aliphatic heterocycles. The summed E-state index contributed by atoms with van der Waals surface area (Å²) in [6.07, 6.45) is 0. The van der Waals surface area contributed by atoms with Crippen molar-refractivity contribution in [2.45, 2.75) is 13.1 Å². The first kappa shape index (κ1) is 18.3. The summed E-state index contributed by atoms with van der Waals surface area (Å²) in [6.45, 7) is 5.58. The molecule has 0 radical (unpaired) electrons. The van der Waals surface area contributed by atoms with Crippen molar-refractivity contribution in [1.82, 2.24) is 15.2 Å². The number of piperazine rings is 1. The molecular weight excluding hydrogens is 379 g/mol. The van der Waals surface area contributed by atoms with Gasteiger partial charge in [-0.15, -0.1) is 11.3 Å². The van der Waals surface area contributed by atoms with Crippen LogP contribution in [-0.2, 0) is 13.1 Å². The topological polar surface area (TPSA) is 32.6 Å². The highest BCUT2D eigenvalue weighted by molar-refractivity contribution is 7.80. The highest BCUT2D eigenvalue weighted by Crippen LogP contribution is 2.20. The van der Waals surface area contributed by atoms with Crippen molar-refractivity contribution >= 4 is 38.9 Å². The Morgan fingerprint density at radius 3 is 2.63 bits per heavy atom. The minimum Gasteiger partial charge on any atom is -0.358 e. The van der Waals surface area contributed by atoms with E-state index in [0.29, 0.717) is 6.54 Å². The average molecular weight is 402 g/mol. The molecule has 0 atom stereocenters. The fourth-order valence-corrected chi connectivity index (χ4v) is 4.60. The lowest BCUT2D eigenvalue weighted by Crippen LogP contribution is -3.13. The number of nitrogens with one attached hydrogen (secondary N) is 2. The highest BCUT2D eigenvalue weighted by Gasteiger charge is 2.22. The second-order valence-electron chi connectivity index (χ2n) is 6.77. The predicted octanol–water partition coefficient (Wildman–Crippen LogP) is 2.21. The fraction of sp³-hybridized carbons (Fsp3) is 0.300. The monoisotopic (exact) mass is 401 g/mol. The molecule has 7 heteroatoms. The molecule has 1 aliphatic rings. The number of quaternary nitrogens is 1. The molecule has 4 nitrogen and oxygen atoms in total. The number of rotatable bonds is 4. The molecule has 2 heterocycles. The average Bonchev–Trinajstić information content (AvgIpc) is 3.10. The number of nitrogens with zero attached hydrogens (tertiary/aromatic N) is 2. The number of hydrogen-bond donors (Lipinski definition) is 2. The van der Waals surface area contributed by atoms with E-state index in [1.54, 1.807) is 28.4 Å². The Bertz CT molecular complexity index is 884. The van der Waals surface area contributed by atoms with Crippen LogP contribution in [0.1, 0.15) is 10.6 Å². The summed E-state index contributed by atoms with van der Waals surface area (Å²) in [5.74, 6) is -0.214. The number of halogens is 1. The second-order valence-corrected chi connectivity index (χ2v) is 8.28. The number of aromatic nitrogens is 1. The number of thiocarbonyl (C=S) groups is 1. The van der Waals surface area contributed by atoms with Crippen molar-refractivity contribution in [3.05, 3.63) is 64.9 Å². The van der Waals surface area contributed by atoms with E-state index in [2.05, 4.69) is 28.4 Å². The summed E-state index contributed by atoms with van der Waals surface area (Å²) in [7, 11) is 0. The van der Waals surface area contributed by atoms with Crippen molar-refractivity contribution in [2.75, 3.05) is 26.2 Å². The standard InChI is InChI=1S/C20H21FN4S2/c21-16-7-5-15(6-8-16)13-22-20(26)25-11-9-24(10-12-25)14-19-23-17-3-1-2-4-18(17)27-19/h1-8H,9-14H2,(H,22,26)/p+1.